The Balaban J connectivity index is 2.90. The van der Waals surface area contributed by atoms with Gasteiger partial charge in [-0.3, -0.25) is 0 Å². The van der Waals surface area contributed by atoms with Crippen LogP contribution in [0.3, 0.4) is 0 Å². The maximum absolute atomic E-state index is 5.41. The lowest BCUT2D eigenvalue weighted by molar-refractivity contribution is 0.989. The summed E-state index contributed by atoms with van der Waals surface area (Å²) in [6.07, 6.45) is 2.94. The lowest BCUT2D eigenvalue weighted by Gasteiger charge is -1.80. The molecule has 1 heteroatoms. The number of unbranched alkanes of at least 4 members (excludes halogenated alkanes) is 1. The van der Waals surface area contributed by atoms with Crippen molar-refractivity contribution >= 4 is 11.6 Å². The standard InChI is InChI=1S/C7H11Cl/c1-2-3-4-5-6-7-8/h2,5-7H2,1H3. The lowest BCUT2D eigenvalue weighted by atomic mass is 10.3. The van der Waals surface area contributed by atoms with E-state index in [2.05, 4.69) is 11.8 Å². The van der Waals surface area contributed by atoms with Gasteiger partial charge in [0.05, 0.1) is 0 Å². The summed E-state index contributed by atoms with van der Waals surface area (Å²) in [5.74, 6) is 6.71. The van der Waals surface area contributed by atoms with Crippen LogP contribution in [0, 0.1) is 11.8 Å². The summed E-state index contributed by atoms with van der Waals surface area (Å²) in [4.78, 5) is 0. The summed E-state index contributed by atoms with van der Waals surface area (Å²) < 4.78 is 0. The van der Waals surface area contributed by atoms with Crippen LogP contribution in [0.2, 0.25) is 0 Å². The summed E-state index contributed by atoms with van der Waals surface area (Å²) in [6, 6.07) is 0. The van der Waals surface area contributed by atoms with Gasteiger partial charge in [0, 0.05) is 18.7 Å². The highest BCUT2D eigenvalue weighted by molar-refractivity contribution is 6.17. The number of alkyl halides is 1. The van der Waals surface area contributed by atoms with Crippen molar-refractivity contribution in [3.05, 3.63) is 0 Å². The van der Waals surface area contributed by atoms with Crippen LogP contribution in [0.5, 0.6) is 0 Å². The van der Waals surface area contributed by atoms with E-state index in [0.717, 1.165) is 25.1 Å². The maximum atomic E-state index is 5.41. The Hall–Kier alpha value is -0.150. The van der Waals surface area contributed by atoms with Crippen LogP contribution in [0.25, 0.3) is 0 Å². The minimum absolute atomic E-state index is 0.735. The average Bonchev–Trinajstić information content (AvgIpc) is 1.81. The fraction of sp³-hybridized carbons (Fsp3) is 0.714. The van der Waals surface area contributed by atoms with Crippen molar-refractivity contribution in [2.45, 2.75) is 26.2 Å². The predicted molar refractivity (Wildman–Crippen MR) is 38.0 cm³/mol. The molecule has 0 radical (unpaired) electrons. The molecule has 0 fully saturated rings. The van der Waals surface area contributed by atoms with E-state index in [9.17, 15) is 0 Å². The summed E-state index contributed by atoms with van der Waals surface area (Å²) >= 11 is 5.41. The van der Waals surface area contributed by atoms with E-state index < -0.39 is 0 Å². The van der Waals surface area contributed by atoms with E-state index >= 15 is 0 Å². The fourth-order valence-electron chi connectivity index (χ4n) is 0.369. The quantitative estimate of drug-likeness (QED) is 0.306. The minimum atomic E-state index is 0.735. The first-order chi connectivity index (χ1) is 3.91. The summed E-state index contributed by atoms with van der Waals surface area (Å²) in [7, 11) is 0. The van der Waals surface area contributed by atoms with Gasteiger partial charge in [-0.2, -0.15) is 0 Å². The van der Waals surface area contributed by atoms with E-state index in [1.54, 1.807) is 0 Å². The number of hydrogen-bond acceptors (Lipinski definition) is 0. The first-order valence-corrected chi connectivity index (χ1v) is 3.47. The lowest BCUT2D eigenvalue weighted by Crippen LogP contribution is -1.70. The molecule has 8 heavy (non-hydrogen) atoms. The SMILES string of the molecule is CCC#CCCCCl. The highest BCUT2D eigenvalue weighted by Crippen LogP contribution is 1.88. The molecule has 0 heterocycles. The normalized spacial score (nSPS) is 7.75. The van der Waals surface area contributed by atoms with E-state index in [1.165, 1.54) is 0 Å². The van der Waals surface area contributed by atoms with Gasteiger partial charge in [-0.05, 0) is 6.42 Å². The van der Waals surface area contributed by atoms with E-state index in [4.69, 9.17) is 11.6 Å². The molecule has 0 unspecified atom stereocenters. The van der Waals surface area contributed by atoms with Crippen molar-refractivity contribution in [1.82, 2.24) is 0 Å². The largest absolute Gasteiger partial charge is 0.127 e. The summed E-state index contributed by atoms with van der Waals surface area (Å²) in [6.45, 7) is 2.05. The van der Waals surface area contributed by atoms with Crippen molar-refractivity contribution in [3.8, 4) is 11.8 Å². The minimum Gasteiger partial charge on any atom is -0.127 e. The number of hydrogen-bond donors (Lipinski definition) is 0. The van der Waals surface area contributed by atoms with Crippen LogP contribution in [0.4, 0.5) is 0 Å². The molecule has 0 aliphatic rings. The van der Waals surface area contributed by atoms with Crippen LogP contribution in [0.15, 0.2) is 0 Å². The molecule has 0 rings (SSSR count). The molecule has 0 aliphatic heterocycles. The molecule has 0 aliphatic carbocycles. The number of rotatable bonds is 2. The summed E-state index contributed by atoms with van der Waals surface area (Å²) in [5.41, 5.74) is 0. The Labute approximate surface area is 56.2 Å². The van der Waals surface area contributed by atoms with Gasteiger partial charge in [-0.1, -0.05) is 6.92 Å². The van der Waals surface area contributed by atoms with Crippen molar-refractivity contribution < 1.29 is 0 Å². The predicted octanol–water partition coefficient (Wildman–Crippen LogP) is 2.42. The second-order valence-corrected chi connectivity index (χ2v) is 1.88. The highest BCUT2D eigenvalue weighted by Gasteiger charge is 1.75. The van der Waals surface area contributed by atoms with Crippen LogP contribution >= 0.6 is 11.6 Å². The van der Waals surface area contributed by atoms with Crippen LogP contribution in [-0.4, -0.2) is 5.88 Å². The van der Waals surface area contributed by atoms with Crippen molar-refractivity contribution in [1.29, 1.82) is 0 Å². The number of halogens is 1. The van der Waals surface area contributed by atoms with Gasteiger partial charge < -0.3 is 0 Å². The van der Waals surface area contributed by atoms with Crippen molar-refractivity contribution in [3.63, 3.8) is 0 Å². The Morgan fingerprint density at radius 1 is 1.38 bits per heavy atom. The van der Waals surface area contributed by atoms with Gasteiger partial charge in [-0.15, -0.1) is 23.4 Å². The Bertz CT molecular complexity index is 86.3. The van der Waals surface area contributed by atoms with Gasteiger partial charge in [0.15, 0.2) is 0 Å². The van der Waals surface area contributed by atoms with Crippen molar-refractivity contribution in [2.75, 3.05) is 5.88 Å². The van der Waals surface area contributed by atoms with E-state index in [-0.39, 0.29) is 0 Å². The topological polar surface area (TPSA) is 0 Å². The smallest absolute Gasteiger partial charge is 0.0232 e. The van der Waals surface area contributed by atoms with Crippen LogP contribution in [-0.2, 0) is 0 Å². The molecular weight excluding hydrogens is 120 g/mol. The van der Waals surface area contributed by atoms with Gasteiger partial charge in [-0.25, -0.2) is 0 Å². The molecule has 0 aromatic heterocycles. The molecule has 0 amide bonds. The summed E-state index contributed by atoms with van der Waals surface area (Å²) in [5, 5.41) is 0. The molecule has 0 nitrogen and oxygen atoms in total. The molecule has 46 valence electrons. The molecule has 0 saturated carbocycles. The Morgan fingerprint density at radius 3 is 2.62 bits per heavy atom. The van der Waals surface area contributed by atoms with Crippen LogP contribution in [0.1, 0.15) is 26.2 Å². The molecule has 0 aromatic carbocycles. The molecule has 0 aromatic rings. The third kappa shape index (κ3) is 5.85. The van der Waals surface area contributed by atoms with Crippen molar-refractivity contribution in [2.24, 2.45) is 0 Å². The molecule has 0 spiro atoms. The van der Waals surface area contributed by atoms with E-state index in [0.29, 0.717) is 0 Å². The molecule has 0 bridgehead atoms. The zero-order valence-corrected chi connectivity index (χ0v) is 5.96. The fourth-order valence-corrected chi connectivity index (χ4v) is 0.502. The van der Waals surface area contributed by atoms with E-state index in [1.807, 2.05) is 6.92 Å². The maximum Gasteiger partial charge on any atom is 0.0232 e. The van der Waals surface area contributed by atoms with Gasteiger partial charge in [0.25, 0.3) is 0 Å². The molecule has 0 atom stereocenters. The third-order valence-electron chi connectivity index (χ3n) is 0.737. The molecule has 0 N–H and O–H groups in total. The first kappa shape index (κ1) is 7.85. The zero-order chi connectivity index (χ0) is 6.24. The Kier molecular flexibility index (Phi) is 6.72. The zero-order valence-electron chi connectivity index (χ0n) is 5.21. The van der Waals surface area contributed by atoms with Gasteiger partial charge in [0.1, 0.15) is 0 Å². The second kappa shape index (κ2) is 6.85. The average molecular weight is 131 g/mol. The van der Waals surface area contributed by atoms with Crippen LogP contribution < -0.4 is 0 Å². The third-order valence-corrected chi connectivity index (χ3v) is 1.00. The first-order valence-electron chi connectivity index (χ1n) is 2.93. The van der Waals surface area contributed by atoms with Gasteiger partial charge >= 0.3 is 0 Å². The van der Waals surface area contributed by atoms with Gasteiger partial charge in [0.2, 0.25) is 0 Å². The highest BCUT2D eigenvalue weighted by atomic mass is 35.5. The molecular formula is C7H11Cl. The molecule has 0 saturated heterocycles. The second-order valence-electron chi connectivity index (χ2n) is 1.50. The Morgan fingerprint density at radius 2 is 2.12 bits per heavy atom. The monoisotopic (exact) mass is 130 g/mol.